The van der Waals surface area contributed by atoms with E-state index in [4.69, 9.17) is 0 Å². The van der Waals surface area contributed by atoms with Crippen molar-refractivity contribution >= 4 is 0 Å². The normalized spacial score (nSPS) is 16.3. The standard InChI is InChI=1S/C18H26FN5/c1-4-18(5-2,14-6-8-15(19)9-7-14)12-20-13(3)17-21-22-23-24(17)16-10-11-16/h6-9,13,16,20H,4-5,10-12H2,1-3H3. The van der Waals surface area contributed by atoms with Gasteiger partial charge in [0.25, 0.3) is 0 Å². The molecule has 3 rings (SSSR count). The first-order valence-corrected chi connectivity index (χ1v) is 8.87. The predicted molar refractivity (Wildman–Crippen MR) is 91.2 cm³/mol. The summed E-state index contributed by atoms with van der Waals surface area (Å²) in [7, 11) is 0. The van der Waals surface area contributed by atoms with E-state index in [-0.39, 0.29) is 17.3 Å². The number of tetrazole rings is 1. The molecule has 1 heterocycles. The second kappa shape index (κ2) is 6.97. The van der Waals surface area contributed by atoms with Gasteiger partial charge in [-0.1, -0.05) is 26.0 Å². The molecule has 130 valence electrons. The molecule has 5 nitrogen and oxygen atoms in total. The molecule has 1 aliphatic carbocycles. The van der Waals surface area contributed by atoms with Gasteiger partial charge in [-0.2, -0.15) is 0 Å². The quantitative estimate of drug-likeness (QED) is 0.803. The topological polar surface area (TPSA) is 55.6 Å². The maximum Gasteiger partial charge on any atom is 0.168 e. The Kier molecular flexibility index (Phi) is 4.94. The van der Waals surface area contributed by atoms with Crippen molar-refractivity contribution in [3.63, 3.8) is 0 Å². The van der Waals surface area contributed by atoms with E-state index < -0.39 is 0 Å². The van der Waals surface area contributed by atoms with E-state index in [9.17, 15) is 4.39 Å². The van der Waals surface area contributed by atoms with Crippen LogP contribution in [0.25, 0.3) is 0 Å². The number of halogens is 1. The minimum Gasteiger partial charge on any atom is -0.307 e. The SMILES string of the molecule is CCC(CC)(CNC(C)c1nnnn1C1CC1)c1ccc(F)cc1. The molecule has 1 aromatic carbocycles. The van der Waals surface area contributed by atoms with Gasteiger partial charge in [-0.05, 0) is 60.7 Å². The number of aromatic nitrogens is 4. The largest absolute Gasteiger partial charge is 0.307 e. The third-order valence-corrected chi connectivity index (χ3v) is 5.36. The average Bonchev–Trinajstić information content (AvgIpc) is 3.34. The van der Waals surface area contributed by atoms with Gasteiger partial charge in [0.15, 0.2) is 5.82 Å². The molecule has 6 heteroatoms. The Morgan fingerprint density at radius 2 is 1.92 bits per heavy atom. The molecule has 24 heavy (non-hydrogen) atoms. The van der Waals surface area contributed by atoms with Gasteiger partial charge in [-0.25, -0.2) is 9.07 Å². The van der Waals surface area contributed by atoms with Crippen LogP contribution in [0.4, 0.5) is 4.39 Å². The summed E-state index contributed by atoms with van der Waals surface area (Å²) in [4.78, 5) is 0. The van der Waals surface area contributed by atoms with Gasteiger partial charge in [-0.3, -0.25) is 0 Å². The lowest BCUT2D eigenvalue weighted by molar-refractivity contribution is 0.343. The molecule has 0 aliphatic heterocycles. The van der Waals surface area contributed by atoms with Crippen LogP contribution < -0.4 is 5.32 Å². The van der Waals surface area contributed by atoms with Crippen LogP contribution in [0.1, 0.15) is 69.9 Å². The first-order chi connectivity index (χ1) is 11.6. The van der Waals surface area contributed by atoms with E-state index in [2.05, 4.69) is 41.6 Å². The van der Waals surface area contributed by atoms with Crippen LogP contribution in [0.2, 0.25) is 0 Å². The van der Waals surface area contributed by atoms with Crippen LogP contribution in [-0.4, -0.2) is 26.8 Å². The summed E-state index contributed by atoms with van der Waals surface area (Å²) in [5, 5.41) is 15.8. The molecule has 0 saturated heterocycles. The molecule has 1 N–H and O–H groups in total. The smallest absolute Gasteiger partial charge is 0.168 e. The molecule has 1 fully saturated rings. The fourth-order valence-electron chi connectivity index (χ4n) is 3.32. The van der Waals surface area contributed by atoms with Gasteiger partial charge in [0.1, 0.15) is 5.82 Å². The first kappa shape index (κ1) is 17.0. The summed E-state index contributed by atoms with van der Waals surface area (Å²) >= 11 is 0. The fourth-order valence-corrected chi connectivity index (χ4v) is 3.32. The summed E-state index contributed by atoms with van der Waals surface area (Å²) in [6.07, 6.45) is 4.30. The summed E-state index contributed by atoms with van der Waals surface area (Å²) in [5.74, 6) is 0.711. The molecular formula is C18H26FN5. The van der Waals surface area contributed by atoms with Gasteiger partial charge >= 0.3 is 0 Å². The molecule has 1 aliphatic rings. The van der Waals surface area contributed by atoms with Crippen LogP contribution in [0.3, 0.4) is 0 Å². The van der Waals surface area contributed by atoms with Crippen molar-refractivity contribution in [3.05, 3.63) is 41.5 Å². The van der Waals surface area contributed by atoms with Crippen LogP contribution >= 0.6 is 0 Å². The Morgan fingerprint density at radius 3 is 2.50 bits per heavy atom. The molecule has 1 saturated carbocycles. The molecular weight excluding hydrogens is 305 g/mol. The lowest BCUT2D eigenvalue weighted by Gasteiger charge is -2.34. The van der Waals surface area contributed by atoms with E-state index in [1.807, 2.05) is 16.8 Å². The van der Waals surface area contributed by atoms with Crippen molar-refractivity contribution in [1.82, 2.24) is 25.5 Å². The number of hydrogen-bond acceptors (Lipinski definition) is 4. The van der Waals surface area contributed by atoms with E-state index in [0.29, 0.717) is 6.04 Å². The van der Waals surface area contributed by atoms with E-state index in [0.717, 1.165) is 38.1 Å². The van der Waals surface area contributed by atoms with E-state index >= 15 is 0 Å². The highest BCUT2D eigenvalue weighted by atomic mass is 19.1. The van der Waals surface area contributed by atoms with Crippen LogP contribution in [0.15, 0.2) is 24.3 Å². The Bertz CT molecular complexity index is 658. The van der Waals surface area contributed by atoms with E-state index in [1.165, 1.54) is 5.56 Å². The molecule has 0 bridgehead atoms. The van der Waals surface area contributed by atoms with Crippen LogP contribution in [0.5, 0.6) is 0 Å². The molecule has 0 spiro atoms. The van der Waals surface area contributed by atoms with Crippen molar-refractivity contribution in [3.8, 4) is 0 Å². The number of benzene rings is 1. The minimum absolute atomic E-state index is 0.0141. The van der Waals surface area contributed by atoms with E-state index in [1.54, 1.807) is 12.1 Å². The zero-order valence-electron chi connectivity index (χ0n) is 14.7. The third kappa shape index (κ3) is 3.34. The summed E-state index contributed by atoms with van der Waals surface area (Å²) in [6.45, 7) is 7.29. The first-order valence-electron chi connectivity index (χ1n) is 8.87. The average molecular weight is 331 g/mol. The Morgan fingerprint density at radius 1 is 1.25 bits per heavy atom. The fraction of sp³-hybridized carbons (Fsp3) is 0.611. The second-order valence-corrected chi connectivity index (χ2v) is 6.81. The Labute approximate surface area is 142 Å². The van der Waals surface area contributed by atoms with Crippen LogP contribution in [0, 0.1) is 5.82 Å². The number of hydrogen-bond donors (Lipinski definition) is 1. The van der Waals surface area contributed by atoms with Gasteiger partial charge in [-0.15, -0.1) is 5.10 Å². The lowest BCUT2D eigenvalue weighted by Crippen LogP contribution is -2.39. The van der Waals surface area contributed by atoms with Crippen molar-refractivity contribution in [1.29, 1.82) is 0 Å². The zero-order valence-corrected chi connectivity index (χ0v) is 14.7. The second-order valence-electron chi connectivity index (χ2n) is 6.81. The van der Waals surface area contributed by atoms with Crippen molar-refractivity contribution in [2.45, 2.75) is 64.0 Å². The number of rotatable bonds is 8. The number of nitrogens with zero attached hydrogens (tertiary/aromatic N) is 4. The third-order valence-electron chi connectivity index (χ3n) is 5.36. The van der Waals surface area contributed by atoms with Crippen molar-refractivity contribution < 1.29 is 4.39 Å². The molecule has 0 radical (unpaired) electrons. The minimum atomic E-state index is -0.190. The molecule has 1 aromatic heterocycles. The maximum absolute atomic E-state index is 13.3. The molecule has 1 unspecified atom stereocenters. The maximum atomic E-state index is 13.3. The van der Waals surface area contributed by atoms with Gasteiger partial charge in [0.2, 0.25) is 0 Å². The highest BCUT2D eigenvalue weighted by molar-refractivity contribution is 5.26. The van der Waals surface area contributed by atoms with Crippen molar-refractivity contribution in [2.75, 3.05) is 6.54 Å². The summed E-state index contributed by atoms with van der Waals surface area (Å²) in [6, 6.07) is 7.46. The number of nitrogens with one attached hydrogen (secondary N) is 1. The molecule has 1 atom stereocenters. The molecule has 0 amide bonds. The van der Waals surface area contributed by atoms with Crippen LogP contribution in [-0.2, 0) is 5.41 Å². The van der Waals surface area contributed by atoms with Gasteiger partial charge in [0, 0.05) is 12.0 Å². The Balaban J connectivity index is 1.73. The summed E-state index contributed by atoms with van der Waals surface area (Å²) in [5.41, 5.74) is 1.16. The van der Waals surface area contributed by atoms with Gasteiger partial charge in [0.05, 0.1) is 12.1 Å². The van der Waals surface area contributed by atoms with Crippen molar-refractivity contribution in [2.24, 2.45) is 0 Å². The highest BCUT2D eigenvalue weighted by Crippen LogP contribution is 2.36. The molecule has 2 aromatic rings. The zero-order chi connectivity index (χ0) is 17.2. The monoisotopic (exact) mass is 331 g/mol. The highest BCUT2D eigenvalue weighted by Gasteiger charge is 2.32. The summed E-state index contributed by atoms with van der Waals surface area (Å²) < 4.78 is 15.2. The Hall–Kier alpha value is -1.82. The van der Waals surface area contributed by atoms with Gasteiger partial charge < -0.3 is 5.32 Å². The predicted octanol–water partition coefficient (Wildman–Crippen LogP) is 3.56. The lowest BCUT2D eigenvalue weighted by atomic mass is 9.75.